The molecule has 2 N–H and O–H groups in total. The Morgan fingerprint density at radius 2 is 2.05 bits per heavy atom. The molecule has 5 heteroatoms. The van der Waals surface area contributed by atoms with Crippen molar-refractivity contribution in [1.82, 2.24) is 9.78 Å². The molecule has 0 spiro atoms. The van der Waals surface area contributed by atoms with E-state index in [1.54, 1.807) is 10.7 Å². The van der Waals surface area contributed by atoms with Crippen LogP contribution in [0.5, 0.6) is 0 Å². The Labute approximate surface area is 135 Å². The molecule has 112 valence electrons. The predicted octanol–water partition coefficient (Wildman–Crippen LogP) is 4.88. The first-order chi connectivity index (χ1) is 9.99. The molecule has 2 aromatic rings. The van der Waals surface area contributed by atoms with Crippen LogP contribution in [0.15, 0.2) is 18.2 Å². The van der Waals surface area contributed by atoms with Gasteiger partial charge in [0.25, 0.3) is 0 Å². The van der Waals surface area contributed by atoms with Crippen molar-refractivity contribution in [1.29, 1.82) is 0 Å². The van der Waals surface area contributed by atoms with Crippen molar-refractivity contribution in [3.63, 3.8) is 0 Å². The van der Waals surface area contributed by atoms with Crippen molar-refractivity contribution < 1.29 is 0 Å². The van der Waals surface area contributed by atoms with Crippen molar-refractivity contribution in [2.75, 3.05) is 5.73 Å². The standard InChI is InChI=1S/C16H19Cl2N3/c1-9-4-3-5-11(9)15-14(16(19)21(2)20-15)12-7-6-10(17)8-13(12)18/h6-9,11H,3-5,19H2,1-2H3. The van der Waals surface area contributed by atoms with Crippen LogP contribution in [-0.2, 0) is 7.05 Å². The highest BCUT2D eigenvalue weighted by molar-refractivity contribution is 6.36. The van der Waals surface area contributed by atoms with Gasteiger partial charge in [0.1, 0.15) is 5.82 Å². The van der Waals surface area contributed by atoms with Gasteiger partial charge in [-0.1, -0.05) is 49.0 Å². The number of rotatable bonds is 2. The molecule has 1 fully saturated rings. The van der Waals surface area contributed by atoms with Gasteiger partial charge in [-0.2, -0.15) is 5.10 Å². The Kier molecular flexibility index (Phi) is 3.89. The lowest BCUT2D eigenvalue weighted by molar-refractivity contribution is 0.516. The van der Waals surface area contributed by atoms with Crippen LogP contribution in [0.25, 0.3) is 11.1 Å². The van der Waals surface area contributed by atoms with E-state index in [2.05, 4.69) is 12.0 Å². The Balaban J connectivity index is 2.17. The van der Waals surface area contributed by atoms with Gasteiger partial charge in [0.15, 0.2) is 0 Å². The molecular formula is C16H19Cl2N3. The molecule has 0 aliphatic heterocycles. The van der Waals surface area contributed by atoms with E-state index in [1.807, 2.05) is 19.2 Å². The summed E-state index contributed by atoms with van der Waals surface area (Å²) in [6.07, 6.45) is 3.65. The lowest BCUT2D eigenvalue weighted by Gasteiger charge is -2.15. The minimum absolute atomic E-state index is 0.454. The first kappa shape index (κ1) is 14.7. The quantitative estimate of drug-likeness (QED) is 0.855. The van der Waals surface area contributed by atoms with Gasteiger partial charge in [-0.3, -0.25) is 4.68 Å². The zero-order chi connectivity index (χ0) is 15.1. The molecule has 0 radical (unpaired) electrons. The first-order valence-corrected chi connectivity index (χ1v) is 8.02. The summed E-state index contributed by atoms with van der Waals surface area (Å²) in [6, 6.07) is 5.53. The minimum Gasteiger partial charge on any atom is -0.383 e. The summed E-state index contributed by atoms with van der Waals surface area (Å²) in [5, 5.41) is 5.93. The van der Waals surface area contributed by atoms with Crippen LogP contribution >= 0.6 is 23.2 Å². The number of hydrogen-bond donors (Lipinski definition) is 1. The van der Waals surface area contributed by atoms with Crippen molar-refractivity contribution in [2.24, 2.45) is 13.0 Å². The normalized spacial score (nSPS) is 21.9. The largest absolute Gasteiger partial charge is 0.383 e. The number of benzene rings is 1. The average Bonchev–Trinajstić information content (AvgIpc) is 2.96. The van der Waals surface area contributed by atoms with E-state index < -0.39 is 0 Å². The Morgan fingerprint density at radius 3 is 2.67 bits per heavy atom. The SMILES string of the molecule is CC1CCCC1c1nn(C)c(N)c1-c1ccc(Cl)cc1Cl. The predicted molar refractivity (Wildman–Crippen MR) is 88.8 cm³/mol. The Hall–Kier alpha value is -1.19. The van der Waals surface area contributed by atoms with E-state index in [0.717, 1.165) is 23.2 Å². The average molecular weight is 324 g/mol. The number of aromatic nitrogens is 2. The lowest BCUT2D eigenvalue weighted by Crippen LogP contribution is -2.05. The summed E-state index contributed by atoms with van der Waals surface area (Å²) >= 11 is 12.4. The highest BCUT2D eigenvalue weighted by atomic mass is 35.5. The van der Waals surface area contributed by atoms with Crippen LogP contribution in [-0.4, -0.2) is 9.78 Å². The molecule has 1 aromatic carbocycles. The molecule has 2 unspecified atom stereocenters. The number of nitrogen functional groups attached to an aromatic ring is 1. The van der Waals surface area contributed by atoms with Crippen LogP contribution in [0.2, 0.25) is 10.0 Å². The van der Waals surface area contributed by atoms with Gasteiger partial charge >= 0.3 is 0 Å². The fourth-order valence-electron chi connectivity index (χ4n) is 3.34. The topological polar surface area (TPSA) is 43.8 Å². The third-order valence-electron chi connectivity index (χ3n) is 4.53. The molecule has 21 heavy (non-hydrogen) atoms. The maximum Gasteiger partial charge on any atom is 0.129 e. The highest BCUT2D eigenvalue weighted by Gasteiger charge is 2.31. The lowest BCUT2D eigenvalue weighted by atomic mass is 9.90. The summed E-state index contributed by atoms with van der Waals surface area (Å²) in [7, 11) is 1.88. The van der Waals surface area contributed by atoms with E-state index in [0.29, 0.717) is 27.7 Å². The molecule has 0 amide bonds. The third kappa shape index (κ3) is 2.53. The molecule has 1 aromatic heterocycles. The number of hydrogen-bond acceptors (Lipinski definition) is 2. The van der Waals surface area contributed by atoms with Gasteiger partial charge in [-0.25, -0.2) is 0 Å². The molecule has 1 saturated carbocycles. The molecule has 2 atom stereocenters. The summed E-state index contributed by atoms with van der Waals surface area (Å²) in [6.45, 7) is 2.29. The Bertz CT molecular complexity index is 678. The van der Waals surface area contributed by atoms with Crippen LogP contribution in [0.4, 0.5) is 5.82 Å². The fraction of sp³-hybridized carbons (Fsp3) is 0.438. The van der Waals surface area contributed by atoms with Crippen LogP contribution in [0.1, 0.15) is 37.8 Å². The highest BCUT2D eigenvalue weighted by Crippen LogP contribution is 2.45. The zero-order valence-electron chi connectivity index (χ0n) is 12.2. The van der Waals surface area contributed by atoms with E-state index in [1.165, 1.54) is 12.8 Å². The first-order valence-electron chi connectivity index (χ1n) is 7.26. The van der Waals surface area contributed by atoms with Crippen LogP contribution in [0.3, 0.4) is 0 Å². The van der Waals surface area contributed by atoms with Crippen molar-refractivity contribution in [3.05, 3.63) is 33.9 Å². The zero-order valence-corrected chi connectivity index (χ0v) is 13.7. The van der Waals surface area contributed by atoms with Crippen LogP contribution < -0.4 is 5.73 Å². The van der Waals surface area contributed by atoms with E-state index in [9.17, 15) is 0 Å². The Morgan fingerprint density at radius 1 is 1.29 bits per heavy atom. The molecule has 1 heterocycles. The van der Waals surface area contributed by atoms with Crippen molar-refractivity contribution >= 4 is 29.0 Å². The molecule has 0 saturated heterocycles. The van der Waals surface area contributed by atoms with Crippen molar-refractivity contribution in [3.8, 4) is 11.1 Å². The molecule has 1 aliphatic carbocycles. The number of anilines is 1. The monoisotopic (exact) mass is 323 g/mol. The second-order valence-corrected chi connectivity index (χ2v) is 6.75. The fourth-order valence-corrected chi connectivity index (χ4v) is 3.84. The summed E-state index contributed by atoms with van der Waals surface area (Å²) in [4.78, 5) is 0. The molecule has 0 bridgehead atoms. The second-order valence-electron chi connectivity index (χ2n) is 5.91. The van der Waals surface area contributed by atoms with E-state index in [4.69, 9.17) is 28.9 Å². The maximum absolute atomic E-state index is 6.38. The summed E-state index contributed by atoms with van der Waals surface area (Å²) < 4.78 is 1.75. The van der Waals surface area contributed by atoms with Gasteiger partial charge < -0.3 is 5.73 Å². The summed E-state index contributed by atoms with van der Waals surface area (Å²) in [5.41, 5.74) is 9.23. The molecule has 1 aliphatic rings. The number of halogens is 2. The molecule has 3 nitrogen and oxygen atoms in total. The van der Waals surface area contributed by atoms with Gasteiger partial charge in [0.05, 0.1) is 10.7 Å². The van der Waals surface area contributed by atoms with Gasteiger partial charge in [-0.15, -0.1) is 0 Å². The second kappa shape index (κ2) is 5.54. The number of aryl methyl sites for hydroxylation is 1. The van der Waals surface area contributed by atoms with Gasteiger partial charge in [0, 0.05) is 29.1 Å². The number of nitrogens with zero attached hydrogens (tertiary/aromatic N) is 2. The molecule has 3 rings (SSSR count). The third-order valence-corrected chi connectivity index (χ3v) is 5.08. The van der Waals surface area contributed by atoms with E-state index in [-0.39, 0.29) is 0 Å². The van der Waals surface area contributed by atoms with Gasteiger partial charge in [-0.05, 0) is 24.5 Å². The van der Waals surface area contributed by atoms with E-state index >= 15 is 0 Å². The van der Waals surface area contributed by atoms with Crippen molar-refractivity contribution in [2.45, 2.75) is 32.1 Å². The van der Waals surface area contributed by atoms with Gasteiger partial charge in [0.2, 0.25) is 0 Å². The maximum atomic E-state index is 6.38. The van der Waals surface area contributed by atoms with Crippen LogP contribution in [0, 0.1) is 5.92 Å². The number of nitrogens with two attached hydrogens (primary N) is 1. The minimum atomic E-state index is 0.454. The summed E-state index contributed by atoms with van der Waals surface area (Å²) in [5.74, 6) is 1.74. The molecular weight excluding hydrogens is 305 g/mol. The smallest absolute Gasteiger partial charge is 0.129 e.